The van der Waals surface area contributed by atoms with Crippen LogP contribution in [0.4, 0.5) is 0 Å². The molecule has 1 saturated carbocycles. The number of carbonyl (C=O) groups is 1. The van der Waals surface area contributed by atoms with Gasteiger partial charge in [-0.1, -0.05) is 31.4 Å². The highest BCUT2D eigenvalue weighted by molar-refractivity contribution is 5.81. The Bertz CT molecular complexity index is 850. The quantitative estimate of drug-likeness (QED) is 0.851. The Morgan fingerprint density at radius 2 is 1.85 bits per heavy atom. The van der Waals surface area contributed by atoms with E-state index in [1.54, 1.807) is 4.57 Å². The molecule has 4 rings (SSSR count). The van der Waals surface area contributed by atoms with Gasteiger partial charge in [-0.15, -0.1) is 0 Å². The molecule has 0 spiro atoms. The summed E-state index contributed by atoms with van der Waals surface area (Å²) in [6, 6.07) is 11.8. The lowest BCUT2D eigenvalue weighted by Gasteiger charge is -2.19. The SMILES string of the molecule is O=C(Cc1ccc2c(c1)OCCO2)n1ccccc1=NC1CCCCC1. The van der Waals surface area contributed by atoms with Gasteiger partial charge in [0, 0.05) is 6.20 Å². The van der Waals surface area contributed by atoms with Crippen molar-refractivity contribution in [3.05, 3.63) is 53.6 Å². The van der Waals surface area contributed by atoms with Gasteiger partial charge in [-0.25, -0.2) is 0 Å². The summed E-state index contributed by atoms with van der Waals surface area (Å²) < 4.78 is 12.8. The third-order valence-electron chi connectivity index (χ3n) is 4.96. The molecular formula is C21H24N2O3. The maximum atomic E-state index is 12.9. The number of aromatic nitrogens is 1. The van der Waals surface area contributed by atoms with Crippen molar-refractivity contribution in [1.29, 1.82) is 0 Å². The fourth-order valence-electron chi connectivity index (χ4n) is 3.60. The first-order valence-corrected chi connectivity index (χ1v) is 9.43. The zero-order valence-electron chi connectivity index (χ0n) is 14.9. The van der Waals surface area contributed by atoms with E-state index in [0.717, 1.165) is 29.6 Å². The van der Waals surface area contributed by atoms with Crippen LogP contribution in [-0.2, 0) is 6.42 Å². The Morgan fingerprint density at radius 1 is 1.04 bits per heavy atom. The van der Waals surface area contributed by atoms with Crippen LogP contribution in [0.15, 0.2) is 47.6 Å². The Hall–Kier alpha value is -2.56. The van der Waals surface area contributed by atoms with E-state index in [9.17, 15) is 4.79 Å². The van der Waals surface area contributed by atoms with Gasteiger partial charge in [0.05, 0.1) is 12.5 Å². The monoisotopic (exact) mass is 352 g/mol. The number of nitrogens with zero attached hydrogens (tertiary/aromatic N) is 2. The van der Waals surface area contributed by atoms with Gasteiger partial charge >= 0.3 is 0 Å². The number of ether oxygens (including phenoxy) is 2. The van der Waals surface area contributed by atoms with Crippen molar-refractivity contribution in [3.63, 3.8) is 0 Å². The zero-order valence-corrected chi connectivity index (χ0v) is 14.9. The Balaban J connectivity index is 1.56. The Labute approximate surface area is 153 Å². The second-order valence-electron chi connectivity index (χ2n) is 6.90. The maximum absolute atomic E-state index is 12.9. The van der Waals surface area contributed by atoms with Crippen LogP contribution < -0.4 is 15.0 Å². The van der Waals surface area contributed by atoms with Gasteiger partial charge in [0.2, 0.25) is 5.91 Å². The van der Waals surface area contributed by atoms with Gasteiger partial charge < -0.3 is 9.47 Å². The van der Waals surface area contributed by atoms with Gasteiger partial charge in [0.15, 0.2) is 11.5 Å². The van der Waals surface area contributed by atoms with Gasteiger partial charge in [-0.05, 0) is 42.7 Å². The van der Waals surface area contributed by atoms with Crippen LogP contribution in [0, 0.1) is 0 Å². The second-order valence-corrected chi connectivity index (χ2v) is 6.90. The first kappa shape index (κ1) is 16.9. The fourth-order valence-corrected chi connectivity index (χ4v) is 3.60. The molecule has 2 heterocycles. The number of fused-ring (bicyclic) bond motifs is 1. The summed E-state index contributed by atoms with van der Waals surface area (Å²) in [4.78, 5) is 17.7. The lowest BCUT2D eigenvalue weighted by atomic mass is 9.96. The zero-order chi connectivity index (χ0) is 17.8. The van der Waals surface area contributed by atoms with Gasteiger partial charge in [-0.2, -0.15) is 0 Å². The van der Waals surface area contributed by atoms with Crippen LogP contribution >= 0.6 is 0 Å². The molecule has 1 aliphatic carbocycles. The van der Waals surface area contributed by atoms with Crippen LogP contribution in [0.2, 0.25) is 0 Å². The van der Waals surface area contributed by atoms with Crippen molar-refractivity contribution in [2.75, 3.05) is 13.2 Å². The first-order valence-electron chi connectivity index (χ1n) is 9.43. The molecule has 2 aliphatic rings. The molecule has 1 aliphatic heterocycles. The van der Waals surface area contributed by atoms with Crippen molar-refractivity contribution in [2.24, 2.45) is 4.99 Å². The van der Waals surface area contributed by atoms with Crippen molar-refractivity contribution in [1.82, 2.24) is 4.57 Å². The number of benzene rings is 1. The highest BCUT2D eigenvalue weighted by Crippen LogP contribution is 2.30. The van der Waals surface area contributed by atoms with Crippen LogP contribution in [-0.4, -0.2) is 29.7 Å². The molecule has 1 aromatic carbocycles. The average Bonchev–Trinajstić information content (AvgIpc) is 2.69. The summed E-state index contributed by atoms with van der Waals surface area (Å²) in [7, 11) is 0. The van der Waals surface area contributed by atoms with E-state index in [0.29, 0.717) is 31.4 Å². The van der Waals surface area contributed by atoms with Crippen LogP contribution in [0.5, 0.6) is 11.5 Å². The summed E-state index contributed by atoms with van der Waals surface area (Å²) in [5, 5.41) is 0. The minimum atomic E-state index is 0.0110. The summed E-state index contributed by atoms with van der Waals surface area (Å²) >= 11 is 0. The first-order chi connectivity index (χ1) is 12.8. The molecular weight excluding hydrogens is 328 g/mol. The van der Waals surface area contributed by atoms with Crippen molar-refractivity contribution in [2.45, 2.75) is 44.6 Å². The lowest BCUT2D eigenvalue weighted by Crippen LogP contribution is -2.29. The minimum absolute atomic E-state index is 0.0110. The second kappa shape index (κ2) is 7.77. The van der Waals surface area contributed by atoms with E-state index in [2.05, 4.69) is 0 Å². The van der Waals surface area contributed by atoms with E-state index >= 15 is 0 Å². The largest absolute Gasteiger partial charge is 0.486 e. The van der Waals surface area contributed by atoms with E-state index in [-0.39, 0.29) is 5.91 Å². The molecule has 26 heavy (non-hydrogen) atoms. The molecule has 1 aromatic heterocycles. The molecule has 5 heteroatoms. The molecule has 0 unspecified atom stereocenters. The number of pyridine rings is 1. The topological polar surface area (TPSA) is 52.8 Å². The predicted octanol–water partition coefficient (Wildman–Crippen LogP) is 3.38. The predicted molar refractivity (Wildman–Crippen MR) is 98.6 cm³/mol. The molecule has 1 fully saturated rings. The summed E-state index contributed by atoms with van der Waals surface area (Å²) in [6.45, 7) is 1.11. The summed E-state index contributed by atoms with van der Waals surface area (Å²) in [5.41, 5.74) is 1.67. The third-order valence-corrected chi connectivity index (χ3v) is 4.96. The molecule has 2 aromatic rings. The van der Waals surface area contributed by atoms with E-state index in [1.807, 2.05) is 42.6 Å². The molecule has 0 bridgehead atoms. The summed E-state index contributed by atoms with van der Waals surface area (Å²) in [5.74, 6) is 1.47. The molecule has 0 radical (unpaired) electrons. The van der Waals surface area contributed by atoms with Crippen molar-refractivity contribution < 1.29 is 14.3 Å². The van der Waals surface area contributed by atoms with Gasteiger partial charge in [0.25, 0.3) is 0 Å². The Morgan fingerprint density at radius 3 is 2.69 bits per heavy atom. The number of carbonyl (C=O) groups excluding carboxylic acids is 1. The lowest BCUT2D eigenvalue weighted by molar-refractivity contribution is 0.0908. The molecule has 0 atom stereocenters. The van der Waals surface area contributed by atoms with Crippen molar-refractivity contribution in [3.8, 4) is 11.5 Å². The molecule has 136 valence electrons. The number of hydrogen-bond acceptors (Lipinski definition) is 4. The maximum Gasteiger partial charge on any atom is 0.236 e. The molecule has 5 nitrogen and oxygen atoms in total. The number of hydrogen-bond donors (Lipinski definition) is 0. The van der Waals surface area contributed by atoms with E-state index < -0.39 is 0 Å². The average molecular weight is 352 g/mol. The standard InChI is InChI=1S/C21H24N2O3/c24-21(15-16-9-10-18-19(14-16)26-13-12-25-18)23-11-5-4-8-20(23)22-17-6-2-1-3-7-17/h4-5,8-11,14,17H,1-3,6-7,12-13,15H2. The van der Waals surface area contributed by atoms with Crippen LogP contribution in [0.3, 0.4) is 0 Å². The molecule has 0 amide bonds. The smallest absolute Gasteiger partial charge is 0.236 e. The van der Waals surface area contributed by atoms with E-state index in [1.165, 1.54) is 19.3 Å². The normalized spacial score (nSPS) is 17.9. The third kappa shape index (κ3) is 3.82. The molecule has 0 N–H and O–H groups in total. The van der Waals surface area contributed by atoms with Gasteiger partial charge in [-0.3, -0.25) is 14.4 Å². The van der Waals surface area contributed by atoms with Crippen molar-refractivity contribution >= 4 is 5.91 Å². The highest BCUT2D eigenvalue weighted by Gasteiger charge is 2.15. The summed E-state index contributed by atoms with van der Waals surface area (Å²) in [6.07, 6.45) is 8.10. The minimum Gasteiger partial charge on any atom is -0.486 e. The van der Waals surface area contributed by atoms with Crippen LogP contribution in [0.1, 0.15) is 42.5 Å². The Kier molecular flexibility index (Phi) is 5.04. The fraction of sp³-hybridized carbons (Fsp3) is 0.429. The number of rotatable bonds is 3. The molecule has 0 saturated heterocycles. The van der Waals surface area contributed by atoms with Crippen LogP contribution in [0.25, 0.3) is 0 Å². The van der Waals surface area contributed by atoms with Gasteiger partial charge in [0.1, 0.15) is 18.7 Å². The highest BCUT2D eigenvalue weighted by atomic mass is 16.6. The van der Waals surface area contributed by atoms with E-state index in [4.69, 9.17) is 14.5 Å².